The largest absolute Gasteiger partial charge is 0.573 e. The summed E-state index contributed by atoms with van der Waals surface area (Å²) >= 11 is 4.37. The molecule has 76 valence electrons. The number of alkyl halides is 3. The summed E-state index contributed by atoms with van der Waals surface area (Å²) < 4.78 is 42.3. The molecule has 0 amide bonds. The molecule has 1 aromatic rings. The first-order valence-corrected chi connectivity index (χ1v) is 4.01. The maximum absolute atomic E-state index is 11.7. The van der Waals surface area contributed by atoms with Crippen molar-refractivity contribution in [2.75, 3.05) is 0 Å². The first kappa shape index (κ1) is 10.9. The van der Waals surface area contributed by atoms with Crippen LogP contribution < -0.4 is 4.74 Å². The highest BCUT2D eigenvalue weighted by molar-refractivity contribution is 7.47. The minimum absolute atomic E-state index is 0.245. The monoisotopic (exact) mass is 221 g/mol. The van der Waals surface area contributed by atoms with E-state index in [1.165, 1.54) is 24.3 Å². The Morgan fingerprint density at radius 2 is 1.79 bits per heavy atom. The molecule has 14 heavy (non-hydrogen) atoms. The zero-order chi connectivity index (χ0) is 10.6. The van der Waals surface area contributed by atoms with Crippen molar-refractivity contribution >= 4 is 12.4 Å². The van der Waals surface area contributed by atoms with Gasteiger partial charge in [-0.15, -0.1) is 13.2 Å². The van der Waals surface area contributed by atoms with E-state index in [2.05, 4.69) is 21.5 Å². The van der Waals surface area contributed by atoms with Gasteiger partial charge < -0.3 is 4.74 Å². The van der Waals surface area contributed by atoms with E-state index in [1.807, 2.05) is 0 Å². The van der Waals surface area contributed by atoms with Crippen LogP contribution in [0.4, 0.5) is 13.2 Å². The van der Waals surface area contributed by atoms with Crippen LogP contribution in [-0.4, -0.2) is 6.36 Å². The lowest BCUT2D eigenvalue weighted by Crippen LogP contribution is -2.16. The van der Waals surface area contributed by atoms with E-state index < -0.39 is 6.36 Å². The van der Waals surface area contributed by atoms with E-state index in [9.17, 15) is 13.2 Å². The molecule has 0 saturated carbocycles. The topological polar surface area (TPSA) is 21.6 Å². The lowest BCUT2D eigenvalue weighted by atomic mass is 10.2. The third-order valence-electron chi connectivity index (χ3n) is 1.40. The van der Waals surface area contributed by atoms with Crippen molar-refractivity contribution in [2.45, 2.75) is 12.9 Å². The van der Waals surface area contributed by atoms with Crippen molar-refractivity contribution in [3.8, 4) is 5.75 Å². The van der Waals surface area contributed by atoms with Gasteiger partial charge in [0.05, 0.1) is 6.54 Å². The molecule has 0 heterocycles. The van der Waals surface area contributed by atoms with Gasteiger partial charge in [0.15, 0.2) is 0 Å². The van der Waals surface area contributed by atoms with Crippen molar-refractivity contribution in [3.05, 3.63) is 29.8 Å². The molecule has 0 spiro atoms. The quantitative estimate of drug-likeness (QED) is 0.782. The Morgan fingerprint density at radius 3 is 2.21 bits per heavy atom. The summed E-state index contributed by atoms with van der Waals surface area (Å²) in [6.07, 6.45) is -4.65. The number of rotatable bonds is 3. The van der Waals surface area contributed by atoms with E-state index in [4.69, 9.17) is 0 Å². The van der Waals surface area contributed by atoms with Gasteiger partial charge >= 0.3 is 6.36 Å². The van der Waals surface area contributed by atoms with Gasteiger partial charge in [-0.05, 0) is 17.7 Å². The van der Waals surface area contributed by atoms with Crippen LogP contribution in [0.15, 0.2) is 28.6 Å². The number of halogens is 3. The summed E-state index contributed by atoms with van der Waals surface area (Å²) in [5, 5.41) is 0. The van der Waals surface area contributed by atoms with Crippen LogP contribution in [0.5, 0.6) is 5.75 Å². The molecule has 0 saturated heterocycles. The molecule has 1 rings (SSSR count). The van der Waals surface area contributed by atoms with Crippen LogP contribution in [0.2, 0.25) is 0 Å². The van der Waals surface area contributed by atoms with Gasteiger partial charge in [0.2, 0.25) is 0 Å². The molecule has 0 atom stereocenters. The van der Waals surface area contributed by atoms with E-state index in [0.717, 1.165) is 5.56 Å². The van der Waals surface area contributed by atoms with E-state index in [0.29, 0.717) is 6.54 Å². The molecule has 0 fully saturated rings. The van der Waals surface area contributed by atoms with Gasteiger partial charge in [-0.1, -0.05) is 12.1 Å². The van der Waals surface area contributed by atoms with Crippen LogP contribution in [0.3, 0.4) is 0 Å². The van der Waals surface area contributed by atoms with Crippen molar-refractivity contribution in [2.24, 2.45) is 4.36 Å². The van der Waals surface area contributed by atoms with Crippen LogP contribution in [0.25, 0.3) is 0 Å². The first-order valence-electron chi connectivity index (χ1n) is 3.65. The Morgan fingerprint density at radius 1 is 1.21 bits per heavy atom. The molecule has 0 aliphatic carbocycles. The minimum Gasteiger partial charge on any atom is -0.406 e. The Labute approximate surface area is 83.9 Å². The zero-order valence-electron chi connectivity index (χ0n) is 6.91. The van der Waals surface area contributed by atoms with Crippen LogP contribution >= 0.6 is 0 Å². The van der Waals surface area contributed by atoms with Gasteiger partial charge in [0, 0.05) is 12.4 Å². The number of nitrogens with zero attached hydrogens (tertiary/aromatic N) is 1. The molecular weight excluding hydrogens is 215 g/mol. The van der Waals surface area contributed by atoms with E-state index in [-0.39, 0.29) is 5.75 Å². The predicted octanol–water partition coefficient (Wildman–Crippen LogP) is 2.82. The second kappa shape index (κ2) is 4.36. The summed E-state index contributed by atoms with van der Waals surface area (Å²) in [6, 6.07) is 5.42. The number of ether oxygens (including phenoxy) is 1. The average Bonchev–Trinajstić information content (AvgIpc) is 2.06. The van der Waals surface area contributed by atoms with Crippen molar-refractivity contribution in [1.29, 1.82) is 0 Å². The van der Waals surface area contributed by atoms with Crippen LogP contribution in [-0.2, 0) is 19.0 Å². The molecule has 0 aliphatic heterocycles. The van der Waals surface area contributed by atoms with Gasteiger partial charge in [0.25, 0.3) is 0 Å². The van der Waals surface area contributed by atoms with Gasteiger partial charge in [-0.3, -0.25) is 0 Å². The van der Waals surface area contributed by atoms with Crippen molar-refractivity contribution in [3.63, 3.8) is 0 Å². The van der Waals surface area contributed by atoms with Gasteiger partial charge in [0.1, 0.15) is 5.75 Å². The van der Waals surface area contributed by atoms with Crippen molar-refractivity contribution in [1.82, 2.24) is 0 Å². The number of hydrogen-bond acceptors (Lipinski definition) is 3. The molecule has 0 aromatic heterocycles. The fourth-order valence-corrected chi connectivity index (χ4v) is 1.02. The highest BCUT2D eigenvalue weighted by Gasteiger charge is 2.30. The summed E-state index contributed by atoms with van der Waals surface area (Å²) in [6.45, 7) is 0.307. The highest BCUT2D eigenvalue weighted by atomic mass is 32.1. The first-order chi connectivity index (χ1) is 6.51. The Bertz CT molecular complexity index is 309. The molecule has 0 N–H and O–H groups in total. The SMILES string of the molecule is FC(F)(F)Oc1ccc(CN=S)cc1. The van der Waals surface area contributed by atoms with Gasteiger partial charge in [-0.25, -0.2) is 4.36 Å². The summed E-state index contributed by atoms with van der Waals surface area (Å²) in [4.78, 5) is 0. The normalized spacial score (nSPS) is 11.1. The lowest BCUT2D eigenvalue weighted by molar-refractivity contribution is -0.274. The molecule has 6 heteroatoms. The fraction of sp³-hybridized carbons (Fsp3) is 0.250. The van der Waals surface area contributed by atoms with Crippen molar-refractivity contribution < 1.29 is 17.9 Å². The summed E-state index contributed by atoms with van der Waals surface area (Å²) in [5.74, 6) is -0.245. The molecule has 0 bridgehead atoms. The number of hydrogen-bond donors (Lipinski definition) is 0. The van der Waals surface area contributed by atoms with Gasteiger partial charge in [-0.2, -0.15) is 0 Å². The molecular formula is C8H6F3NOS. The molecule has 2 nitrogen and oxygen atoms in total. The average molecular weight is 221 g/mol. The van der Waals surface area contributed by atoms with Crippen LogP contribution in [0.1, 0.15) is 5.56 Å². The summed E-state index contributed by atoms with van der Waals surface area (Å²) in [7, 11) is 0. The molecule has 0 unspecified atom stereocenters. The Kier molecular flexibility index (Phi) is 3.40. The fourth-order valence-electron chi connectivity index (χ4n) is 0.871. The highest BCUT2D eigenvalue weighted by Crippen LogP contribution is 2.22. The maximum Gasteiger partial charge on any atom is 0.573 e. The second-order valence-corrected chi connectivity index (χ2v) is 2.74. The molecule has 0 radical (unpaired) electrons. The standard InChI is InChI=1S/C8H6F3NOS/c9-8(10,11)13-7-3-1-6(2-4-7)5-12-14/h1-4H,5H2. The molecule has 0 aliphatic rings. The van der Waals surface area contributed by atoms with E-state index >= 15 is 0 Å². The maximum atomic E-state index is 11.7. The van der Waals surface area contributed by atoms with E-state index in [1.54, 1.807) is 0 Å². The Hall–Kier alpha value is -1.17. The number of benzene rings is 1. The molecule has 1 aromatic carbocycles. The third-order valence-corrected chi connectivity index (χ3v) is 1.53. The third kappa shape index (κ3) is 3.69. The summed E-state index contributed by atoms with van der Waals surface area (Å²) in [5.41, 5.74) is 0.745. The second-order valence-electron chi connectivity index (χ2n) is 2.48. The lowest BCUT2D eigenvalue weighted by Gasteiger charge is -2.08. The minimum atomic E-state index is -4.65. The zero-order valence-corrected chi connectivity index (χ0v) is 7.73. The smallest absolute Gasteiger partial charge is 0.406 e. The van der Waals surface area contributed by atoms with Crippen LogP contribution in [0, 0.1) is 0 Å². The predicted molar refractivity (Wildman–Crippen MR) is 46.6 cm³/mol. The Balaban J connectivity index is 2.68.